The van der Waals surface area contributed by atoms with Crippen molar-refractivity contribution in [2.45, 2.75) is 18.6 Å². The van der Waals surface area contributed by atoms with E-state index in [-0.39, 0.29) is 11.0 Å². The van der Waals surface area contributed by atoms with Crippen molar-refractivity contribution in [1.29, 1.82) is 0 Å². The van der Waals surface area contributed by atoms with E-state index in [1.807, 2.05) is 24.5 Å². The highest BCUT2D eigenvalue weighted by Gasteiger charge is 2.12. The van der Waals surface area contributed by atoms with E-state index in [0.29, 0.717) is 0 Å². The van der Waals surface area contributed by atoms with Crippen molar-refractivity contribution in [2.24, 2.45) is 0 Å². The van der Waals surface area contributed by atoms with Gasteiger partial charge in [0.05, 0.1) is 5.25 Å². The molecular formula is C11H14OS. The van der Waals surface area contributed by atoms with Crippen LogP contribution in [0.15, 0.2) is 30.3 Å². The van der Waals surface area contributed by atoms with Crippen LogP contribution in [0, 0.1) is 0 Å². The van der Waals surface area contributed by atoms with Crippen LogP contribution in [-0.2, 0) is 11.2 Å². The third-order valence-corrected chi connectivity index (χ3v) is 3.07. The molecule has 0 saturated carbocycles. The molecule has 1 atom stereocenters. The smallest absolute Gasteiger partial charge is 0.143 e. The predicted molar refractivity (Wildman–Crippen MR) is 58.1 cm³/mol. The Morgan fingerprint density at radius 3 is 2.46 bits per heavy atom. The van der Waals surface area contributed by atoms with Gasteiger partial charge in [-0.15, -0.1) is 0 Å². The molecule has 70 valence electrons. The molecule has 0 aromatic heterocycles. The molecule has 0 fully saturated rings. The Bertz CT molecular complexity index is 269. The van der Waals surface area contributed by atoms with Crippen molar-refractivity contribution in [3.63, 3.8) is 0 Å². The van der Waals surface area contributed by atoms with Crippen LogP contribution in [0.5, 0.6) is 0 Å². The van der Waals surface area contributed by atoms with Gasteiger partial charge in [0.15, 0.2) is 0 Å². The second-order valence-electron chi connectivity index (χ2n) is 3.02. The van der Waals surface area contributed by atoms with E-state index in [2.05, 4.69) is 12.1 Å². The second kappa shape index (κ2) is 5.07. The number of benzene rings is 1. The first-order valence-corrected chi connectivity index (χ1v) is 5.60. The fraction of sp³-hybridized carbons (Fsp3) is 0.364. The highest BCUT2D eigenvalue weighted by molar-refractivity contribution is 7.99. The van der Waals surface area contributed by atoms with Crippen LogP contribution in [0.4, 0.5) is 0 Å². The van der Waals surface area contributed by atoms with Gasteiger partial charge in [0.25, 0.3) is 0 Å². The van der Waals surface area contributed by atoms with Crippen molar-refractivity contribution >= 4 is 17.5 Å². The molecule has 0 bridgehead atoms. The molecule has 0 heterocycles. The van der Waals surface area contributed by atoms with Crippen LogP contribution >= 0.6 is 11.8 Å². The molecule has 1 rings (SSSR count). The number of ketones is 1. The molecule has 0 amide bonds. The highest BCUT2D eigenvalue weighted by atomic mass is 32.2. The fourth-order valence-corrected chi connectivity index (χ4v) is 1.91. The largest absolute Gasteiger partial charge is 0.299 e. The van der Waals surface area contributed by atoms with Crippen LogP contribution in [0.2, 0.25) is 0 Å². The lowest BCUT2D eigenvalue weighted by Crippen LogP contribution is -2.15. The summed E-state index contributed by atoms with van der Waals surface area (Å²) in [4.78, 5) is 11.2. The molecule has 0 spiro atoms. The Hall–Kier alpha value is -0.760. The van der Waals surface area contributed by atoms with Crippen molar-refractivity contribution in [1.82, 2.24) is 0 Å². The molecule has 13 heavy (non-hydrogen) atoms. The van der Waals surface area contributed by atoms with Gasteiger partial charge in [-0.05, 0) is 25.2 Å². The Morgan fingerprint density at radius 1 is 1.38 bits per heavy atom. The van der Waals surface area contributed by atoms with Gasteiger partial charge in [-0.1, -0.05) is 30.3 Å². The average molecular weight is 194 g/mol. The molecule has 0 aliphatic heterocycles. The molecule has 1 aromatic carbocycles. The number of hydrogen-bond acceptors (Lipinski definition) is 2. The van der Waals surface area contributed by atoms with Crippen molar-refractivity contribution in [2.75, 3.05) is 6.26 Å². The van der Waals surface area contributed by atoms with Gasteiger partial charge in [0, 0.05) is 0 Å². The van der Waals surface area contributed by atoms with Gasteiger partial charge in [-0.25, -0.2) is 0 Å². The predicted octanol–water partition coefficient (Wildman–Crippen LogP) is 2.55. The Balaban J connectivity index is 2.62. The number of rotatable bonds is 4. The summed E-state index contributed by atoms with van der Waals surface area (Å²) >= 11 is 1.62. The minimum Gasteiger partial charge on any atom is -0.299 e. The number of carbonyl (C=O) groups excluding carboxylic acids is 1. The zero-order chi connectivity index (χ0) is 9.68. The lowest BCUT2D eigenvalue weighted by molar-refractivity contribution is -0.116. The Kier molecular flexibility index (Phi) is 4.03. The molecule has 1 nitrogen and oxygen atoms in total. The van der Waals surface area contributed by atoms with Crippen LogP contribution in [0.3, 0.4) is 0 Å². The summed E-state index contributed by atoms with van der Waals surface area (Å²) in [5.74, 6) is 0.261. The first-order chi connectivity index (χ1) is 6.24. The molecular weight excluding hydrogens is 180 g/mol. The van der Waals surface area contributed by atoms with Crippen LogP contribution in [0.25, 0.3) is 0 Å². The minimum absolute atomic E-state index is 0.113. The van der Waals surface area contributed by atoms with Gasteiger partial charge in [-0.3, -0.25) is 4.79 Å². The maximum Gasteiger partial charge on any atom is 0.143 e. The molecule has 0 aliphatic carbocycles. The van der Waals surface area contributed by atoms with Gasteiger partial charge >= 0.3 is 0 Å². The summed E-state index contributed by atoms with van der Waals surface area (Å²) in [7, 11) is 0. The van der Waals surface area contributed by atoms with E-state index in [4.69, 9.17) is 0 Å². The van der Waals surface area contributed by atoms with E-state index >= 15 is 0 Å². The topological polar surface area (TPSA) is 17.1 Å². The lowest BCUT2D eigenvalue weighted by Gasteiger charge is -2.09. The van der Waals surface area contributed by atoms with Crippen LogP contribution < -0.4 is 0 Å². The number of hydrogen-bond donors (Lipinski definition) is 0. The van der Waals surface area contributed by atoms with E-state index in [9.17, 15) is 4.79 Å². The van der Waals surface area contributed by atoms with Crippen LogP contribution in [-0.4, -0.2) is 17.3 Å². The fourth-order valence-electron chi connectivity index (χ4n) is 1.22. The molecule has 0 aliphatic rings. The highest BCUT2D eigenvalue weighted by Crippen LogP contribution is 2.14. The van der Waals surface area contributed by atoms with Crippen molar-refractivity contribution < 1.29 is 4.79 Å². The van der Waals surface area contributed by atoms with Crippen molar-refractivity contribution in [3.05, 3.63) is 35.9 Å². The maximum absolute atomic E-state index is 11.2. The molecule has 0 radical (unpaired) electrons. The standard InChI is InChI=1S/C11H14OS/c1-9(12)11(13-2)8-10-6-4-3-5-7-10/h3-7,11H,8H2,1-2H3. The number of thioether (sulfide) groups is 1. The summed E-state index contributed by atoms with van der Waals surface area (Å²) in [6.45, 7) is 1.66. The third kappa shape index (κ3) is 3.23. The first kappa shape index (κ1) is 10.3. The van der Waals surface area contributed by atoms with Gasteiger partial charge in [-0.2, -0.15) is 11.8 Å². The summed E-state index contributed by atoms with van der Waals surface area (Å²) in [5, 5.41) is 0.113. The monoisotopic (exact) mass is 194 g/mol. The zero-order valence-corrected chi connectivity index (χ0v) is 8.80. The summed E-state index contributed by atoms with van der Waals surface area (Å²) in [6, 6.07) is 10.1. The van der Waals surface area contributed by atoms with Gasteiger partial charge in [0.1, 0.15) is 5.78 Å². The summed E-state index contributed by atoms with van der Waals surface area (Å²) in [6.07, 6.45) is 2.83. The van der Waals surface area contributed by atoms with Crippen molar-refractivity contribution in [3.8, 4) is 0 Å². The lowest BCUT2D eigenvalue weighted by atomic mass is 10.1. The first-order valence-electron chi connectivity index (χ1n) is 4.31. The maximum atomic E-state index is 11.2. The average Bonchev–Trinajstić information content (AvgIpc) is 2.15. The Labute approximate surface area is 83.5 Å². The van der Waals surface area contributed by atoms with E-state index in [1.54, 1.807) is 18.7 Å². The molecule has 2 heteroatoms. The normalized spacial score (nSPS) is 12.5. The van der Waals surface area contributed by atoms with Gasteiger partial charge in [0.2, 0.25) is 0 Å². The van der Waals surface area contributed by atoms with Crippen LogP contribution in [0.1, 0.15) is 12.5 Å². The second-order valence-corrected chi connectivity index (χ2v) is 4.07. The van der Waals surface area contributed by atoms with E-state index < -0.39 is 0 Å². The SMILES string of the molecule is CSC(Cc1ccccc1)C(C)=O. The molecule has 1 unspecified atom stereocenters. The Morgan fingerprint density at radius 2 is 2.00 bits per heavy atom. The molecule has 0 N–H and O–H groups in total. The molecule has 0 saturated heterocycles. The third-order valence-electron chi connectivity index (χ3n) is 2.00. The molecule has 1 aromatic rings. The quantitative estimate of drug-likeness (QED) is 0.732. The number of carbonyl (C=O) groups is 1. The summed E-state index contributed by atoms with van der Waals surface area (Å²) < 4.78 is 0. The minimum atomic E-state index is 0.113. The van der Waals surface area contributed by atoms with E-state index in [0.717, 1.165) is 6.42 Å². The number of Topliss-reactive ketones (excluding diaryl/α,β-unsaturated/α-hetero) is 1. The zero-order valence-electron chi connectivity index (χ0n) is 7.99. The van der Waals surface area contributed by atoms with Gasteiger partial charge < -0.3 is 0 Å². The summed E-state index contributed by atoms with van der Waals surface area (Å²) in [5.41, 5.74) is 1.23. The van der Waals surface area contributed by atoms with E-state index in [1.165, 1.54) is 5.56 Å².